The normalized spacial score (nSPS) is 10.8. The highest BCUT2D eigenvalue weighted by Gasteiger charge is 2.19. The molecule has 3 amide bonds. The number of carbonyl (C=O) groups is 2. The van der Waals surface area contributed by atoms with Crippen LogP contribution in [0, 0.1) is 0 Å². The Morgan fingerprint density at radius 3 is 2.13 bits per heavy atom. The number of rotatable bonds is 12. The molecule has 0 spiro atoms. The Morgan fingerprint density at radius 2 is 1.53 bits per heavy atom. The summed E-state index contributed by atoms with van der Waals surface area (Å²) in [6.07, 6.45) is 0.765. The number of urea groups is 1. The fourth-order valence-electron chi connectivity index (χ4n) is 4.15. The van der Waals surface area contributed by atoms with E-state index in [0.29, 0.717) is 36.1 Å². The Bertz CT molecular complexity index is 1240. The Balaban J connectivity index is 1.35. The molecule has 1 heterocycles. The topological polar surface area (TPSA) is 83.6 Å². The van der Waals surface area contributed by atoms with Gasteiger partial charge >= 0.3 is 6.03 Å². The number of thiazole rings is 1. The molecule has 0 fully saturated rings. The molecule has 0 bridgehead atoms. The van der Waals surface area contributed by atoms with Crippen LogP contribution in [0.25, 0.3) is 0 Å². The van der Waals surface area contributed by atoms with Gasteiger partial charge in [0.1, 0.15) is 10.7 Å². The van der Waals surface area contributed by atoms with Crippen LogP contribution in [0.1, 0.15) is 39.0 Å². The third-order valence-electron chi connectivity index (χ3n) is 6.11. The van der Waals surface area contributed by atoms with Gasteiger partial charge in [0.05, 0.1) is 13.2 Å². The predicted molar refractivity (Wildman–Crippen MR) is 152 cm³/mol. The zero-order chi connectivity index (χ0) is 26.6. The minimum atomic E-state index is -0.248. The van der Waals surface area contributed by atoms with Crippen molar-refractivity contribution in [2.24, 2.45) is 0 Å². The maximum Gasteiger partial charge on any atom is 0.322 e. The predicted octanol–water partition coefficient (Wildman–Crippen LogP) is 5.78. The Labute approximate surface area is 227 Å². The molecule has 4 aromatic rings. The number of nitrogens with zero attached hydrogens (tertiary/aromatic N) is 2. The highest BCUT2D eigenvalue weighted by Crippen LogP contribution is 2.27. The molecule has 0 unspecified atom stereocenters. The monoisotopic (exact) mass is 528 g/mol. The van der Waals surface area contributed by atoms with E-state index in [4.69, 9.17) is 4.74 Å². The number of ether oxygens (including phenoxy) is 1. The number of hydrogen-bond acceptors (Lipinski definition) is 5. The van der Waals surface area contributed by atoms with Crippen molar-refractivity contribution in [2.75, 3.05) is 32.1 Å². The van der Waals surface area contributed by atoms with Gasteiger partial charge < -0.3 is 20.3 Å². The van der Waals surface area contributed by atoms with E-state index in [1.54, 1.807) is 17.4 Å². The largest absolute Gasteiger partial charge is 0.383 e. The molecule has 4 rings (SSSR count). The molecule has 3 aromatic carbocycles. The molecule has 0 aliphatic heterocycles. The van der Waals surface area contributed by atoms with Crippen LogP contribution in [0.3, 0.4) is 0 Å². The van der Waals surface area contributed by atoms with Gasteiger partial charge in [0.25, 0.3) is 5.91 Å². The third kappa shape index (κ3) is 7.74. The van der Waals surface area contributed by atoms with Crippen LogP contribution in [0.5, 0.6) is 0 Å². The highest BCUT2D eigenvalue weighted by atomic mass is 32.1. The van der Waals surface area contributed by atoms with E-state index in [-0.39, 0.29) is 24.4 Å². The lowest BCUT2D eigenvalue weighted by Gasteiger charge is -2.21. The first-order valence-electron chi connectivity index (χ1n) is 12.6. The number of carbonyl (C=O) groups excluding carboxylic acids is 2. The summed E-state index contributed by atoms with van der Waals surface area (Å²) in [5.41, 5.74) is 3.50. The van der Waals surface area contributed by atoms with Gasteiger partial charge in [-0.1, -0.05) is 78.9 Å². The first-order chi connectivity index (χ1) is 18.6. The van der Waals surface area contributed by atoms with E-state index in [1.165, 1.54) is 22.5 Å². The van der Waals surface area contributed by atoms with Gasteiger partial charge in [-0.3, -0.25) is 4.79 Å². The van der Waals surface area contributed by atoms with Crippen molar-refractivity contribution in [1.82, 2.24) is 15.2 Å². The van der Waals surface area contributed by atoms with Crippen molar-refractivity contribution in [3.05, 3.63) is 118 Å². The molecule has 0 radical (unpaired) electrons. The number of anilines is 1. The highest BCUT2D eigenvalue weighted by molar-refractivity contribution is 7.09. The number of hydrogen-bond donors (Lipinski definition) is 2. The van der Waals surface area contributed by atoms with E-state index in [2.05, 4.69) is 39.9 Å². The lowest BCUT2D eigenvalue weighted by Crippen LogP contribution is -2.36. The molecule has 7 nitrogen and oxygen atoms in total. The minimum Gasteiger partial charge on any atom is -0.383 e. The first kappa shape index (κ1) is 27.0. The van der Waals surface area contributed by atoms with E-state index in [9.17, 15) is 9.59 Å². The van der Waals surface area contributed by atoms with Crippen LogP contribution in [-0.4, -0.2) is 48.6 Å². The molecule has 0 saturated heterocycles. The van der Waals surface area contributed by atoms with Gasteiger partial charge in [-0.15, -0.1) is 11.3 Å². The van der Waals surface area contributed by atoms with E-state index >= 15 is 0 Å². The van der Waals surface area contributed by atoms with Gasteiger partial charge in [0, 0.05) is 37.2 Å². The summed E-state index contributed by atoms with van der Waals surface area (Å²) < 4.78 is 5.18. The second-order valence-electron chi connectivity index (χ2n) is 8.76. The zero-order valence-electron chi connectivity index (χ0n) is 21.4. The summed E-state index contributed by atoms with van der Waals surface area (Å²) >= 11 is 1.36. The molecule has 1 aromatic heterocycles. The van der Waals surface area contributed by atoms with Crippen molar-refractivity contribution in [3.8, 4) is 0 Å². The van der Waals surface area contributed by atoms with Crippen LogP contribution in [-0.2, 0) is 11.3 Å². The second-order valence-corrected chi connectivity index (χ2v) is 9.70. The summed E-state index contributed by atoms with van der Waals surface area (Å²) in [5.74, 6) is -0.0364. The van der Waals surface area contributed by atoms with Crippen LogP contribution >= 0.6 is 11.3 Å². The molecule has 0 aliphatic rings. The maximum absolute atomic E-state index is 12.9. The molecule has 38 heavy (non-hydrogen) atoms. The summed E-state index contributed by atoms with van der Waals surface area (Å²) in [4.78, 5) is 31.9. The zero-order valence-corrected chi connectivity index (χ0v) is 22.2. The molecular formula is C30H32N4O3S. The SMILES string of the molecule is COCCN(Cc1nc(C(=O)NCCC(c2ccccc2)c2ccccc2)cs1)C(=O)Nc1ccccc1. The average Bonchev–Trinajstić information content (AvgIpc) is 3.43. The summed E-state index contributed by atoms with van der Waals surface area (Å²) in [6.45, 7) is 1.59. The fraction of sp³-hybridized carbons (Fsp3) is 0.233. The van der Waals surface area contributed by atoms with E-state index < -0.39 is 0 Å². The number of methoxy groups -OCH3 is 1. The first-order valence-corrected chi connectivity index (χ1v) is 13.4. The molecule has 2 N–H and O–H groups in total. The second kappa shape index (κ2) is 14.1. The van der Waals surface area contributed by atoms with Gasteiger partial charge in [-0.2, -0.15) is 0 Å². The quantitative estimate of drug-likeness (QED) is 0.244. The van der Waals surface area contributed by atoms with Crippen molar-refractivity contribution < 1.29 is 14.3 Å². The molecule has 8 heteroatoms. The minimum absolute atomic E-state index is 0.182. The van der Waals surface area contributed by atoms with Gasteiger partial charge in [0.15, 0.2) is 0 Å². The van der Waals surface area contributed by atoms with Gasteiger partial charge in [-0.25, -0.2) is 9.78 Å². The lowest BCUT2D eigenvalue weighted by molar-refractivity contribution is 0.0948. The molecule has 0 aliphatic carbocycles. The molecule has 0 saturated carbocycles. The van der Waals surface area contributed by atoms with Crippen molar-refractivity contribution >= 4 is 29.0 Å². The third-order valence-corrected chi connectivity index (χ3v) is 6.94. The van der Waals surface area contributed by atoms with Gasteiger partial charge in [-0.05, 0) is 29.7 Å². The van der Waals surface area contributed by atoms with E-state index in [1.807, 2.05) is 66.7 Å². The molecular weight excluding hydrogens is 496 g/mol. The molecule has 0 atom stereocenters. The Hall–Kier alpha value is -4.01. The van der Waals surface area contributed by atoms with Crippen molar-refractivity contribution in [1.29, 1.82) is 0 Å². The van der Waals surface area contributed by atoms with E-state index in [0.717, 1.165) is 6.42 Å². The number of benzene rings is 3. The standard InChI is InChI=1S/C30H32N4O3S/c1-37-20-19-34(30(36)32-25-15-9-4-10-16-25)21-28-33-27(22-38-28)29(35)31-18-17-26(23-11-5-2-6-12-23)24-13-7-3-8-14-24/h2-16,22,26H,17-21H2,1H3,(H,31,35)(H,32,36). The van der Waals surface area contributed by atoms with Crippen LogP contribution < -0.4 is 10.6 Å². The summed E-state index contributed by atoms with van der Waals surface area (Å²) in [5, 5.41) is 8.33. The lowest BCUT2D eigenvalue weighted by atomic mass is 9.88. The van der Waals surface area contributed by atoms with Gasteiger partial charge in [0.2, 0.25) is 0 Å². The van der Waals surface area contributed by atoms with Crippen molar-refractivity contribution in [2.45, 2.75) is 18.9 Å². The maximum atomic E-state index is 12.9. The Morgan fingerprint density at radius 1 is 0.921 bits per heavy atom. The molecule has 196 valence electrons. The average molecular weight is 529 g/mol. The number of nitrogens with one attached hydrogen (secondary N) is 2. The number of amides is 3. The Kier molecular flexibility index (Phi) is 10.0. The van der Waals surface area contributed by atoms with Crippen LogP contribution in [0.4, 0.5) is 10.5 Å². The smallest absolute Gasteiger partial charge is 0.322 e. The van der Waals surface area contributed by atoms with Crippen LogP contribution in [0.15, 0.2) is 96.4 Å². The summed E-state index contributed by atoms with van der Waals surface area (Å²) in [6, 6.07) is 29.7. The summed E-state index contributed by atoms with van der Waals surface area (Å²) in [7, 11) is 1.60. The van der Waals surface area contributed by atoms with Crippen molar-refractivity contribution in [3.63, 3.8) is 0 Å². The number of aromatic nitrogens is 1. The van der Waals surface area contributed by atoms with Crippen LogP contribution in [0.2, 0.25) is 0 Å². The number of para-hydroxylation sites is 1. The fourth-order valence-corrected chi connectivity index (χ4v) is 4.93.